The monoisotopic (exact) mass is 433 g/mol. The maximum Gasteiger partial charge on any atom is 0.148 e. The molecule has 0 amide bonds. The Kier molecular flexibility index (Phi) is 5.56. The third-order valence-electron chi connectivity index (χ3n) is 5.87. The molecule has 1 saturated heterocycles. The molecule has 2 heterocycles. The number of methoxy groups -OCH3 is 1. The van der Waals surface area contributed by atoms with Crippen molar-refractivity contribution in [1.82, 2.24) is 9.55 Å². The molecule has 1 aromatic heterocycles. The van der Waals surface area contributed by atoms with Crippen molar-refractivity contribution in [1.29, 1.82) is 5.26 Å². The van der Waals surface area contributed by atoms with Crippen LogP contribution in [-0.2, 0) is 4.74 Å². The Bertz CT molecular complexity index is 1170. The van der Waals surface area contributed by atoms with Gasteiger partial charge in [-0.05, 0) is 70.9 Å². The zero-order chi connectivity index (χ0) is 23.1. The van der Waals surface area contributed by atoms with E-state index in [9.17, 15) is 9.65 Å². The summed E-state index contributed by atoms with van der Waals surface area (Å²) in [5.74, 6) is 1.04. The van der Waals surface area contributed by atoms with E-state index in [1.807, 2.05) is 41.1 Å². The molecule has 0 bridgehead atoms. The van der Waals surface area contributed by atoms with Crippen LogP contribution < -0.4 is 4.74 Å². The van der Waals surface area contributed by atoms with Gasteiger partial charge in [-0.25, -0.2) is 9.37 Å². The van der Waals surface area contributed by atoms with Gasteiger partial charge in [0, 0.05) is 17.8 Å². The van der Waals surface area contributed by atoms with Crippen molar-refractivity contribution < 1.29 is 13.9 Å². The summed E-state index contributed by atoms with van der Waals surface area (Å²) in [7, 11) is 1.63. The highest BCUT2D eigenvalue weighted by molar-refractivity contribution is 5.67. The molecule has 5 nitrogen and oxygen atoms in total. The number of ether oxygens (including phenoxy) is 2. The van der Waals surface area contributed by atoms with Gasteiger partial charge in [0.1, 0.15) is 23.5 Å². The van der Waals surface area contributed by atoms with Crippen LogP contribution in [0, 0.1) is 17.1 Å². The number of rotatable bonds is 4. The van der Waals surface area contributed by atoms with E-state index in [0.29, 0.717) is 17.3 Å². The van der Waals surface area contributed by atoms with E-state index in [1.165, 1.54) is 6.07 Å². The molecule has 6 heteroatoms. The second kappa shape index (κ2) is 8.07. The molecule has 0 atom stereocenters. The van der Waals surface area contributed by atoms with Crippen LogP contribution in [0.15, 0.2) is 48.7 Å². The molecule has 2 aromatic carbocycles. The predicted octanol–water partition coefficient (Wildman–Crippen LogP) is 6.01. The van der Waals surface area contributed by atoms with Crippen molar-refractivity contribution in [2.24, 2.45) is 0 Å². The van der Waals surface area contributed by atoms with Crippen LogP contribution in [0.3, 0.4) is 0 Å². The molecule has 0 saturated carbocycles. The molecule has 1 fully saturated rings. The number of imidazole rings is 1. The van der Waals surface area contributed by atoms with Crippen molar-refractivity contribution >= 4 is 0 Å². The standard InChI is InChI=1S/C26H28FN3O2/c1-25(2)13-18(14-26(3,4)32-25)22-16-30(19-10-11-21(27)17(12-19)15-28)24(29-22)20-8-6-7-9-23(20)31-5/h6-12,16,18H,13-14H2,1-5H3. The number of para-hydroxylation sites is 1. The fraction of sp³-hybridized carbons (Fsp3) is 0.385. The summed E-state index contributed by atoms with van der Waals surface area (Å²) >= 11 is 0. The average Bonchev–Trinajstić information content (AvgIpc) is 3.17. The van der Waals surface area contributed by atoms with Crippen LogP contribution in [0.5, 0.6) is 5.75 Å². The predicted molar refractivity (Wildman–Crippen MR) is 121 cm³/mol. The quantitative estimate of drug-likeness (QED) is 0.506. The number of nitrogens with zero attached hydrogens (tertiary/aromatic N) is 3. The van der Waals surface area contributed by atoms with Gasteiger partial charge in [0.2, 0.25) is 0 Å². The Morgan fingerprint density at radius 1 is 1.12 bits per heavy atom. The number of nitriles is 1. The summed E-state index contributed by atoms with van der Waals surface area (Å²) in [6, 6.07) is 14.1. The van der Waals surface area contributed by atoms with Crippen LogP contribution in [0.1, 0.15) is 57.7 Å². The lowest BCUT2D eigenvalue weighted by Crippen LogP contribution is -2.44. The van der Waals surface area contributed by atoms with Crippen LogP contribution in [-0.4, -0.2) is 27.9 Å². The van der Waals surface area contributed by atoms with E-state index in [1.54, 1.807) is 19.2 Å². The zero-order valence-corrected chi connectivity index (χ0v) is 19.1. The second-order valence-corrected chi connectivity index (χ2v) is 9.56. The van der Waals surface area contributed by atoms with Crippen LogP contribution >= 0.6 is 0 Å². The Hall–Kier alpha value is -3.17. The molecule has 3 aromatic rings. The largest absolute Gasteiger partial charge is 0.496 e. The summed E-state index contributed by atoms with van der Waals surface area (Å²) in [5.41, 5.74) is 1.90. The van der Waals surface area contributed by atoms with Crippen molar-refractivity contribution in [3.63, 3.8) is 0 Å². The molecular weight excluding hydrogens is 405 g/mol. The molecule has 32 heavy (non-hydrogen) atoms. The van der Waals surface area contributed by atoms with Gasteiger partial charge in [-0.15, -0.1) is 0 Å². The van der Waals surface area contributed by atoms with E-state index >= 15 is 0 Å². The van der Waals surface area contributed by atoms with E-state index in [-0.39, 0.29) is 22.7 Å². The molecule has 0 unspecified atom stereocenters. The summed E-state index contributed by atoms with van der Waals surface area (Å²) in [6.07, 6.45) is 3.68. The lowest BCUT2D eigenvalue weighted by atomic mass is 9.79. The Morgan fingerprint density at radius 2 is 1.81 bits per heavy atom. The van der Waals surface area contributed by atoms with E-state index in [2.05, 4.69) is 27.7 Å². The molecule has 166 valence electrons. The number of hydrogen-bond donors (Lipinski definition) is 0. The van der Waals surface area contributed by atoms with Crippen molar-refractivity contribution in [2.75, 3.05) is 7.11 Å². The molecule has 0 radical (unpaired) electrons. The van der Waals surface area contributed by atoms with Crippen LogP contribution in [0.2, 0.25) is 0 Å². The maximum atomic E-state index is 14.0. The van der Waals surface area contributed by atoms with Gasteiger partial charge >= 0.3 is 0 Å². The highest BCUT2D eigenvalue weighted by atomic mass is 19.1. The highest BCUT2D eigenvalue weighted by Gasteiger charge is 2.41. The average molecular weight is 434 g/mol. The Morgan fingerprint density at radius 3 is 2.47 bits per heavy atom. The van der Waals surface area contributed by atoms with Crippen LogP contribution in [0.4, 0.5) is 4.39 Å². The van der Waals surface area contributed by atoms with Gasteiger partial charge in [0.15, 0.2) is 0 Å². The smallest absolute Gasteiger partial charge is 0.148 e. The molecule has 4 rings (SSSR count). The van der Waals surface area contributed by atoms with Gasteiger partial charge < -0.3 is 9.47 Å². The number of benzene rings is 2. The molecular formula is C26H28FN3O2. The van der Waals surface area contributed by atoms with Crippen molar-refractivity contribution in [3.05, 3.63) is 65.7 Å². The lowest BCUT2D eigenvalue weighted by molar-refractivity contribution is -0.162. The number of halogens is 1. The number of aromatic nitrogens is 2. The molecule has 0 aliphatic carbocycles. The topological polar surface area (TPSA) is 60.1 Å². The van der Waals surface area contributed by atoms with E-state index < -0.39 is 5.82 Å². The van der Waals surface area contributed by atoms with Gasteiger partial charge in [-0.3, -0.25) is 4.57 Å². The molecule has 0 N–H and O–H groups in total. The second-order valence-electron chi connectivity index (χ2n) is 9.56. The summed E-state index contributed by atoms with van der Waals surface area (Å²) < 4.78 is 27.8. The SMILES string of the molecule is COc1ccccc1-c1nc(C2CC(C)(C)OC(C)(C)C2)cn1-c1ccc(F)c(C#N)c1. The van der Waals surface area contributed by atoms with Crippen LogP contribution in [0.25, 0.3) is 17.1 Å². The normalized spacial score (nSPS) is 17.7. The van der Waals surface area contributed by atoms with Gasteiger partial charge in [-0.1, -0.05) is 12.1 Å². The Balaban J connectivity index is 1.89. The zero-order valence-electron chi connectivity index (χ0n) is 19.1. The fourth-order valence-corrected chi connectivity index (χ4v) is 4.86. The van der Waals surface area contributed by atoms with Gasteiger partial charge in [-0.2, -0.15) is 5.26 Å². The van der Waals surface area contributed by atoms with E-state index in [0.717, 1.165) is 24.1 Å². The minimum Gasteiger partial charge on any atom is -0.496 e. The lowest BCUT2D eigenvalue weighted by Gasteiger charge is -2.45. The minimum atomic E-state index is -0.539. The van der Waals surface area contributed by atoms with E-state index in [4.69, 9.17) is 14.5 Å². The summed E-state index contributed by atoms with van der Waals surface area (Å²) in [6.45, 7) is 8.44. The van der Waals surface area contributed by atoms with Gasteiger partial charge in [0.05, 0.1) is 35.1 Å². The third-order valence-corrected chi connectivity index (χ3v) is 5.87. The first-order chi connectivity index (χ1) is 15.1. The summed E-state index contributed by atoms with van der Waals surface area (Å²) in [5, 5.41) is 9.33. The van der Waals surface area contributed by atoms with Crippen molar-refractivity contribution in [3.8, 4) is 28.9 Å². The molecule has 0 spiro atoms. The minimum absolute atomic E-state index is 0.00272. The molecule has 1 aliphatic heterocycles. The van der Waals surface area contributed by atoms with Gasteiger partial charge in [0.25, 0.3) is 0 Å². The maximum absolute atomic E-state index is 14.0. The van der Waals surface area contributed by atoms with Crippen molar-refractivity contribution in [2.45, 2.75) is 57.7 Å². The first-order valence-corrected chi connectivity index (χ1v) is 10.8. The third kappa shape index (κ3) is 4.26. The molecule has 1 aliphatic rings. The Labute approximate surface area is 188 Å². The highest BCUT2D eigenvalue weighted by Crippen LogP contribution is 2.44. The first kappa shape index (κ1) is 22.0. The number of hydrogen-bond acceptors (Lipinski definition) is 4. The first-order valence-electron chi connectivity index (χ1n) is 10.8. The fourth-order valence-electron chi connectivity index (χ4n) is 4.86. The summed E-state index contributed by atoms with van der Waals surface area (Å²) in [4.78, 5) is 5.05.